The Morgan fingerprint density at radius 1 is 1.35 bits per heavy atom. The highest BCUT2D eigenvalue weighted by atomic mass is 16.1. The second-order valence-corrected chi connectivity index (χ2v) is 5.80. The molecule has 0 radical (unpaired) electrons. The fourth-order valence-corrected chi connectivity index (χ4v) is 2.73. The molecule has 3 nitrogen and oxygen atoms in total. The van der Waals surface area contributed by atoms with E-state index in [0.717, 1.165) is 19.5 Å². The van der Waals surface area contributed by atoms with Crippen molar-refractivity contribution in [2.24, 2.45) is 0 Å². The Labute approximate surface area is 122 Å². The third kappa shape index (κ3) is 4.97. The number of hydrogen-bond donors (Lipinski definition) is 2. The Bertz CT molecular complexity index is 399. The molecule has 2 rings (SSSR count). The summed E-state index contributed by atoms with van der Waals surface area (Å²) in [6.45, 7) is 3.98. The Hall–Kier alpha value is -1.35. The largest absolute Gasteiger partial charge is 0.356 e. The molecule has 1 fully saturated rings. The molecule has 1 saturated heterocycles. The summed E-state index contributed by atoms with van der Waals surface area (Å²) >= 11 is 0. The number of piperidine rings is 1. The maximum atomic E-state index is 11.9. The van der Waals surface area contributed by atoms with Crippen molar-refractivity contribution >= 4 is 5.91 Å². The van der Waals surface area contributed by atoms with E-state index < -0.39 is 0 Å². The second-order valence-electron chi connectivity index (χ2n) is 5.80. The summed E-state index contributed by atoms with van der Waals surface area (Å²) in [5.74, 6) is 0.549. The number of carbonyl (C=O) groups is 1. The monoisotopic (exact) mass is 274 g/mol. The first-order valence-corrected chi connectivity index (χ1v) is 7.80. The zero-order valence-corrected chi connectivity index (χ0v) is 12.4. The number of carbonyl (C=O) groups excluding carboxylic acids is 1. The minimum atomic E-state index is 0.181. The first kappa shape index (κ1) is 15.0. The Morgan fingerprint density at radius 2 is 2.15 bits per heavy atom. The van der Waals surface area contributed by atoms with Gasteiger partial charge >= 0.3 is 0 Å². The van der Waals surface area contributed by atoms with E-state index in [1.165, 1.54) is 24.8 Å². The predicted molar refractivity (Wildman–Crippen MR) is 82.7 cm³/mol. The lowest BCUT2D eigenvalue weighted by Crippen LogP contribution is -2.35. The quantitative estimate of drug-likeness (QED) is 0.837. The van der Waals surface area contributed by atoms with Crippen LogP contribution in [0, 0.1) is 0 Å². The van der Waals surface area contributed by atoms with Gasteiger partial charge in [0.05, 0.1) is 0 Å². The van der Waals surface area contributed by atoms with Crippen molar-refractivity contribution in [3.63, 3.8) is 0 Å². The van der Waals surface area contributed by atoms with Crippen LogP contribution in [0.4, 0.5) is 0 Å². The maximum Gasteiger partial charge on any atom is 0.220 e. The van der Waals surface area contributed by atoms with Crippen LogP contribution in [0.1, 0.15) is 50.5 Å². The zero-order valence-electron chi connectivity index (χ0n) is 12.4. The van der Waals surface area contributed by atoms with E-state index in [1.807, 2.05) is 18.2 Å². The van der Waals surface area contributed by atoms with Crippen molar-refractivity contribution in [2.75, 3.05) is 13.1 Å². The standard InChI is InChI=1S/C17H26N2O/c1-14(15-7-3-2-4-8-15)13-19-17(20)11-10-16-9-5-6-12-18-16/h2-4,7-8,14,16,18H,5-6,9-13H2,1H3,(H,19,20). The van der Waals surface area contributed by atoms with Crippen molar-refractivity contribution in [1.82, 2.24) is 10.6 Å². The lowest BCUT2D eigenvalue weighted by molar-refractivity contribution is -0.121. The van der Waals surface area contributed by atoms with E-state index in [-0.39, 0.29) is 5.91 Å². The predicted octanol–water partition coefficient (Wildman–Crippen LogP) is 2.83. The highest BCUT2D eigenvalue weighted by Crippen LogP contribution is 2.14. The molecule has 1 aromatic rings. The number of benzene rings is 1. The third-order valence-electron chi connectivity index (χ3n) is 4.11. The average molecular weight is 274 g/mol. The summed E-state index contributed by atoms with van der Waals surface area (Å²) in [6.07, 6.45) is 5.39. The Morgan fingerprint density at radius 3 is 2.85 bits per heavy atom. The highest BCUT2D eigenvalue weighted by molar-refractivity contribution is 5.75. The molecule has 1 aliphatic heterocycles. The fraction of sp³-hybridized carbons (Fsp3) is 0.588. The van der Waals surface area contributed by atoms with E-state index in [2.05, 4.69) is 29.7 Å². The molecule has 1 aromatic carbocycles. The van der Waals surface area contributed by atoms with E-state index in [9.17, 15) is 4.79 Å². The van der Waals surface area contributed by atoms with Gasteiger partial charge in [-0.05, 0) is 37.3 Å². The van der Waals surface area contributed by atoms with Gasteiger partial charge in [0.2, 0.25) is 5.91 Å². The van der Waals surface area contributed by atoms with Gasteiger partial charge in [0, 0.05) is 19.0 Å². The number of rotatable bonds is 6. The van der Waals surface area contributed by atoms with Gasteiger partial charge < -0.3 is 10.6 Å². The van der Waals surface area contributed by atoms with Crippen LogP contribution in [0.3, 0.4) is 0 Å². The SMILES string of the molecule is CC(CNC(=O)CCC1CCCCN1)c1ccccc1. The summed E-state index contributed by atoms with van der Waals surface area (Å²) in [5.41, 5.74) is 1.28. The van der Waals surface area contributed by atoms with Crippen LogP contribution < -0.4 is 10.6 Å². The molecule has 2 atom stereocenters. The van der Waals surface area contributed by atoms with Gasteiger partial charge in [-0.2, -0.15) is 0 Å². The average Bonchev–Trinajstić information content (AvgIpc) is 2.52. The molecule has 0 bridgehead atoms. The molecule has 0 aliphatic carbocycles. The minimum absolute atomic E-state index is 0.181. The summed E-state index contributed by atoms with van der Waals surface area (Å²) in [5, 5.41) is 6.54. The molecular weight excluding hydrogens is 248 g/mol. The van der Waals surface area contributed by atoms with Gasteiger partial charge in [-0.1, -0.05) is 43.7 Å². The summed E-state index contributed by atoms with van der Waals surface area (Å²) in [6, 6.07) is 10.9. The van der Waals surface area contributed by atoms with Crippen LogP contribution in [0.15, 0.2) is 30.3 Å². The molecule has 0 aromatic heterocycles. The highest BCUT2D eigenvalue weighted by Gasteiger charge is 2.14. The Balaban J connectivity index is 1.64. The zero-order chi connectivity index (χ0) is 14.2. The van der Waals surface area contributed by atoms with Crippen LogP contribution in [-0.2, 0) is 4.79 Å². The smallest absolute Gasteiger partial charge is 0.220 e. The number of amides is 1. The first-order chi connectivity index (χ1) is 9.75. The summed E-state index contributed by atoms with van der Waals surface area (Å²) < 4.78 is 0. The molecule has 3 heteroatoms. The van der Waals surface area contributed by atoms with Crippen LogP contribution in [-0.4, -0.2) is 25.0 Å². The first-order valence-electron chi connectivity index (χ1n) is 7.80. The van der Waals surface area contributed by atoms with Gasteiger partial charge in [-0.15, -0.1) is 0 Å². The molecule has 20 heavy (non-hydrogen) atoms. The van der Waals surface area contributed by atoms with Crippen LogP contribution in [0.5, 0.6) is 0 Å². The molecule has 1 aliphatic rings. The van der Waals surface area contributed by atoms with Crippen molar-refractivity contribution in [3.8, 4) is 0 Å². The van der Waals surface area contributed by atoms with Crippen LogP contribution in [0.2, 0.25) is 0 Å². The van der Waals surface area contributed by atoms with Crippen molar-refractivity contribution in [3.05, 3.63) is 35.9 Å². The molecule has 0 spiro atoms. The van der Waals surface area contributed by atoms with Crippen molar-refractivity contribution < 1.29 is 4.79 Å². The molecule has 1 amide bonds. The number of nitrogens with one attached hydrogen (secondary N) is 2. The Kier molecular flexibility index (Phi) is 6.06. The number of hydrogen-bond acceptors (Lipinski definition) is 2. The van der Waals surface area contributed by atoms with Crippen molar-refractivity contribution in [2.45, 2.75) is 51.0 Å². The molecular formula is C17H26N2O. The van der Waals surface area contributed by atoms with E-state index in [1.54, 1.807) is 0 Å². The lowest BCUT2D eigenvalue weighted by Gasteiger charge is -2.23. The molecule has 2 unspecified atom stereocenters. The summed E-state index contributed by atoms with van der Waals surface area (Å²) in [4.78, 5) is 11.9. The molecule has 110 valence electrons. The minimum Gasteiger partial charge on any atom is -0.356 e. The maximum absolute atomic E-state index is 11.9. The molecule has 0 saturated carbocycles. The van der Waals surface area contributed by atoms with E-state index >= 15 is 0 Å². The van der Waals surface area contributed by atoms with E-state index in [0.29, 0.717) is 18.4 Å². The van der Waals surface area contributed by atoms with Gasteiger partial charge in [0.15, 0.2) is 0 Å². The van der Waals surface area contributed by atoms with Gasteiger partial charge in [-0.25, -0.2) is 0 Å². The fourth-order valence-electron chi connectivity index (χ4n) is 2.73. The molecule has 2 N–H and O–H groups in total. The normalized spacial score (nSPS) is 20.4. The van der Waals surface area contributed by atoms with Gasteiger partial charge in [0.25, 0.3) is 0 Å². The van der Waals surface area contributed by atoms with Gasteiger partial charge in [0.1, 0.15) is 0 Å². The van der Waals surface area contributed by atoms with E-state index in [4.69, 9.17) is 0 Å². The second kappa shape index (κ2) is 8.05. The van der Waals surface area contributed by atoms with Gasteiger partial charge in [-0.3, -0.25) is 4.79 Å². The van der Waals surface area contributed by atoms with Crippen LogP contribution in [0.25, 0.3) is 0 Å². The van der Waals surface area contributed by atoms with Crippen LogP contribution >= 0.6 is 0 Å². The third-order valence-corrected chi connectivity index (χ3v) is 4.11. The topological polar surface area (TPSA) is 41.1 Å². The molecule has 1 heterocycles. The summed E-state index contributed by atoms with van der Waals surface area (Å²) in [7, 11) is 0. The van der Waals surface area contributed by atoms with Crippen molar-refractivity contribution in [1.29, 1.82) is 0 Å². The lowest BCUT2D eigenvalue weighted by atomic mass is 10.00.